The number of nitrogens with one attached hydrogen (secondary N) is 2. The molecule has 2 aromatic carbocycles. The van der Waals surface area contributed by atoms with Gasteiger partial charge in [-0.05, 0) is 55.5 Å². The largest absolute Gasteiger partial charge is 0.493 e. The third-order valence-electron chi connectivity index (χ3n) is 5.50. The molecule has 160 valence electrons. The second-order valence-corrected chi connectivity index (χ2v) is 7.64. The highest BCUT2D eigenvalue weighted by Gasteiger charge is 2.18. The Morgan fingerprint density at radius 2 is 1.80 bits per heavy atom. The van der Waals surface area contributed by atoms with E-state index in [2.05, 4.69) is 16.4 Å². The van der Waals surface area contributed by atoms with Gasteiger partial charge in [0.1, 0.15) is 25.1 Å². The van der Waals surface area contributed by atoms with E-state index in [1.54, 1.807) is 7.11 Å². The minimum atomic E-state index is -0.596. The summed E-state index contributed by atoms with van der Waals surface area (Å²) in [5, 5.41) is 14.7. The van der Waals surface area contributed by atoms with Crippen molar-refractivity contribution in [3.8, 4) is 17.2 Å². The predicted octanol–water partition coefficient (Wildman–Crippen LogP) is 3.46. The zero-order valence-electron chi connectivity index (χ0n) is 17.4. The molecule has 0 saturated heterocycles. The van der Waals surface area contributed by atoms with Crippen LogP contribution in [0.2, 0.25) is 0 Å². The highest BCUT2D eigenvalue weighted by Crippen LogP contribution is 2.35. The molecule has 1 aliphatic rings. The van der Waals surface area contributed by atoms with Crippen LogP contribution in [0.5, 0.6) is 17.2 Å². The number of aliphatic hydroxyl groups is 1. The highest BCUT2D eigenvalue weighted by molar-refractivity contribution is 5.90. The van der Waals surface area contributed by atoms with E-state index in [1.165, 1.54) is 29.5 Å². The van der Waals surface area contributed by atoms with E-state index in [9.17, 15) is 5.11 Å². The van der Waals surface area contributed by atoms with Crippen LogP contribution in [0.3, 0.4) is 0 Å². The second-order valence-electron chi connectivity index (χ2n) is 7.64. The molecule has 4 rings (SSSR count). The van der Waals surface area contributed by atoms with Crippen molar-refractivity contribution in [2.24, 2.45) is 0 Å². The molecule has 0 fully saturated rings. The van der Waals surface area contributed by atoms with Crippen LogP contribution >= 0.6 is 0 Å². The quantitative estimate of drug-likeness (QED) is 0.446. The van der Waals surface area contributed by atoms with Crippen molar-refractivity contribution in [2.45, 2.75) is 31.8 Å². The van der Waals surface area contributed by atoms with E-state index in [0.29, 0.717) is 31.2 Å². The number of para-hydroxylation sites is 2. The number of methoxy groups -OCH3 is 1. The van der Waals surface area contributed by atoms with Crippen LogP contribution in [0.1, 0.15) is 24.1 Å². The van der Waals surface area contributed by atoms with E-state index < -0.39 is 6.10 Å². The molecule has 0 unspecified atom stereocenters. The monoisotopic (exact) mass is 410 g/mol. The maximum Gasteiger partial charge on any atom is 0.161 e. The number of benzene rings is 2. The van der Waals surface area contributed by atoms with Gasteiger partial charge in [0.05, 0.1) is 7.11 Å². The second kappa shape index (κ2) is 9.87. The minimum absolute atomic E-state index is 0.249. The lowest BCUT2D eigenvalue weighted by Crippen LogP contribution is -2.33. The summed E-state index contributed by atoms with van der Waals surface area (Å²) >= 11 is 0. The molecule has 30 heavy (non-hydrogen) atoms. The van der Waals surface area contributed by atoms with E-state index >= 15 is 0 Å². The third-order valence-corrected chi connectivity index (χ3v) is 5.50. The summed E-state index contributed by atoms with van der Waals surface area (Å²) in [6.45, 7) is 1.80. The van der Waals surface area contributed by atoms with E-state index in [4.69, 9.17) is 14.2 Å². The number of aliphatic hydroxyl groups excluding tert-OH is 1. The van der Waals surface area contributed by atoms with Crippen LogP contribution < -0.4 is 19.5 Å². The Morgan fingerprint density at radius 1 is 1.00 bits per heavy atom. The molecule has 1 aromatic heterocycles. The van der Waals surface area contributed by atoms with Gasteiger partial charge in [-0.1, -0.05) is 18.2 Å². The average Bonchev–Trinajstić information content (AvgIpc) is 3.17. The first-order valence-electron chi connectivity index (χ1n) is 10.7. The normalized spacial score (nSPS) is 14.3. The molecule has 0 saturated carbocycles. The first kappa shape index (κ1) is 20.6. The summed E-state index contributed by atoms with van der Waals surface area (Å²) in [7, 11) is 1.63. The molecule has 3 N–H and O–H groups in total. The molecule has 0 aliphatic heterocycles. The van der Waals surface area contributed by atoms with Crippen LogP contribution in [0.25, 0.3) is 10.9 Å². The summed E-state index contributed by atoms with van der Waals surface area (Å²) in [6, 6.07) is 13.7. The van der Waals surface area contributed by atoms with Gasteiger partial charge in [-0.25, -0.2) is 0 Å². The number of hydrogen-bond donors (Lipinski definition) is 3. The summed E-state index contributed by atoms with van der Waals surface area (Å²) < 4.78 is 17.0. The highest BCUT2D eigenvalue weighted by atomic mass is 16.5. The SMILES string of the molecule is COc1ccccc1OCCNC[C@H](O)COc1cccc2[nH]c3c(c12)CCCC3. The van der Waals surface area contributed by atoms with Crippen LogP contribution in [-0.4, -0.2) is 49.6 Å². The van der Waals surface area contributed by atoms with E-state index in [-0.39, 0.29) is 6.61 Å². The number of aromatic nitrogens is 1. The van der Waals surface area contributed by atoms with Gasteiger partial charge < -0.3 is 29.6 Å². The Kier molecular flexibility index (Phi) is 6.77. The molecule has 6 nitrogen and oxygen atoms in total. The van der Waals surface area contributed by atoms with Gasteiger partial charge in [-0.2, -0.15) is 0 Å². The lowest BCUT2D eigenvalue weighted by atomic mass is 9.95. The summed E-state index contributed by atoms with van der Waals surface area (Å²) in [5.41, 5.74) is 3.85. The summed E-state index contributed by atoms with van der Waals surface area (Å²) in [5.74, 6) is 2.28. The van der Waals surface area contributed by atoms with E-state index in [1.807, 2.05) is 36.4 Å². The van der Waals surface area contributed by atoms with Gasteiger partial charge in [0.25, 0.3) is 0 Å². The van der Waals surface area contributed by atoms with Crippen molar-refractivity contribution in [3.63, 3.8) is 0 Å². The lowest BCUT2D eigenvalue weighted by molar-refractivity contribution is 0.106. The van der Waals surface area contributed by atoms with Crippen LogP contribution in [0.15, 0.2) is 42.5 Å². The Hall–Kier alpha value is -2.70. The van der Waals surface area contributed by atoms with Crippen LogP contribution in [0, 0.1) is 0 Å². The fraction of sp³-hybridized carbons (Fsp3) is 0.417. The smallest absolute Gasteiger partial charge is 0.161 e. The topological polar surface area (TPSA) is 75.7 Å². The van der Waals surface area contributed by atoms with Crippen molar-refractivity contribution < 1.29 is 19.3 Å². The fourth-order valence-electron chi connectivity index (χ4n) is 4.03. The Morgan fingerprint density at radius 3 is 2.67 bits per heavy atom. The zero-order valence-corrected chi connectivity index (χ0v) is 17.4. The molecule has 1 heterocycles. The number of aryl methyl sites for hydroxylation is 2. The standard InChI is InChI=1S/C24H30N2O4/c1-28-21-10-4-5-11-22(21)29-14-13-25-15-17(27)16-30-23-12-6-9-20-24(23)18-7-2-3-8-19(18)26-20/h4-6,9-12,17,25-27H,2-3,7-8,13-16H2,1H3/t17-/m0/s1. The number of rotatable bonds is 10. The van der Waals surface area contributed by atoms with Crippen molar-refractivity contribution in [1.29, 1.82) is 0 Å². The summed E-state index contributed by atoms with van der Waals surface area (Å²) in [4.78, 5) is 3.54. The van der Waals surface area contributed by atoms with Crippen molar-refractivity contribution in [1.82, 2.24) is 10.3 Å². The van der Waals surface area contributed by atoms with Gasteiger partial charge in [-0.3, -0.25) is 0 Å². The van der Waals surface area contributed by atoms with Gasteiger partial charge in [0.15, 0.2) is 11.5 Å². The average molecular weight is 411 g/mol. The van der Waals surface area contributed by atoms with Gasteiger partial charge in [0.2, 0.25) is 0 Å². The van der Waals surface area contributed by atoms with Crippen LogP contribution in [0.4, 0.5) is 0 Å². The molecule has 6 heteroatoms. The maximum absolute atomic E-state index is 10.3. The Labute approximate surface area is 177 Å². The van der Waals surface area contributed by atoms with Crippen molar-refractivity contribution in [3.05, 3.63) is 53.7 Å². The predicted molar refractivity (Wildman–Crippen MR) is 118 cm³/mol. The van der Waals surface area contributed by atoms with Gasteiger partial charge in [-0.15, -0.1) is 0 Å². The zero-order chi connectivity index (χ0) is 20.8. The number of ether oxygens (including phenoxy) is 3. The molecule has 0 amide bonds. The molecule has 0 bridgehead atoms. The summed E-state index contributed by atoms with van der Waals surface area (Å²) in [6.07, 6.45) is 4.05. The maximum atomic E-state index is 10.3. The van der Waals surface area contributed by atoms with Crippen molar-refractivity contribution >= 4 is 10.9 Å². The Bertz CT molecular complexity index is 969. The van der Waals surface area contributed by atoms with Gasteiger partial charge in [0, 0.05) is 29.7 Å². The molecule has 1 aliphatic carbocycles. The molecule has 0 spiro atoms. The fourth-order valence-corrected chi connectivity index (χ4v) is 4.03. The molecular formula is C24H30N2O4. The first-order chi connectivity index (χ1) is 14.8. The number of H-pyrrole nitrogens is 1. The first-order valence-corrected chi connectivity index (χ1v) is 10.7. The third kappa shape index (κ3) is 4.71. The molecule has 0 radical (unpaired) electrons. The lowest BCUT2D eigenvalue weighted by Gasteiger charge is -2.16. The minimum Gasteiger partial charge on any atom is -0.493 e. The molecular weight excluding hydrogens is 380 g/mol. The van der Waals surface area contributed by atoms with Gasteiger partial charge >= 0.3 is 0 Å². The van der Waals surface area contributed by atoms with Crippen LogP contribution in [-0.2, 0) is 12.8 Å². The molecule has 1 atom stereocenters. The number of fused-ring (bicyclic) bond motifs is 3. The van der Waals surface area contributed by atoms with Crippen molar-refractivity contribution in [2.75, 3.05) is 33.4 Å². The van der Waals surface area contributed by atoms with E-state index in [0.717, 1.165) is 24.1 Å². The Balaban J connectivity index is 1.23. The number of aromatic amines is 1. The number of hydrogen-bond acceptors (Lipinski definition) is 5. The molecule has 3 aromatic rings.